The highest BCUT2D eigenvalue weighted by Crippen LogP contribution is 2.17. The van der Waals surface area contributed by atoms with Gasteiger partial charge in [-0.2, -0.15) is 0 Å². The van der Waals surface area contributed by atoms with Crippen molar-refractivity contribution in [3.05, 3.63) is 59.2 Å². The molecule has 0 saturated heterocycles. The van der Waals surface area contributed by atoms with Crippen LogP contribution in [-0.2, 0) is 6.54 Å². The predicted octanol–water partition coefficient (Wildman–Crippen LogP) is 3.47. The number of rotatable bonds is 7. The van der Waals surface area contributed by atoms with Crippen molar-refractivity contribution in [3.63, 3.8) is 0 Å². The fourth-order valence-corrected chi connectivity index (χ4v) is 2.38. The number of benzene rings is 2. The van der Waals surface area contributed by atoms with Gasteiger partial charge in [0.15, 0.2) is 0 Å². The van der Waals surface area contributed by atoms with Gasteiger partial charge in [0.2, 0.25) is 0 Å². The maximum atomic E-state index is 12.1. The highest BCUT2D eigenvalue weighted by atomic mass is 16.5. The van der Waals surface area contributed by atoms with Crippen LogP contribution in [0.4, 0.5) is 10.5 Å². The molecular formula is C20H25N3O3. The summed E-state index contributed by atoms with van der Waals surface area (Å²) in [4.78, 5) is 23.6. The Bertz CT molecular complexity index is 757. The number of ether oxygens (including phenoxy) is 1. The summed E-state index contributed by atoms with van der Waals surface area (Å²) in [6.07, 6.45) is 0.965. The summed E-state index contributed by atoms with van der Waals surface area (Å²) >= 11 is 0. The molecule has 3 N–H and O–H groups in total. The Balaban J connectivity index is 1.87. The van der Waals surface area contributed by atoms with Crippen molar-refractivity contribution in [2.24, 2.45) is 0 Å². The molecule has 0 heterocycles. The summed E-state index contributed by atoms with van der Waals surface area (Å²) in [6.45, 7) is 5.17. The molecule has 2 aromatic rings. The first-order chi connectivity index (χ1) is 12.5. The van der Waals surface area contributed by atoms with E-state index < -0.39 is 0 Å². The lowest BCUT2D eigenvalue weighted by Crippen LogP contribution is -2.28. The fourth-order valence-electron chi connectivity index (χ4n) is 2.38. The molecular weight excluding hydrogens is 330 g/mol. The third-order valence-electron chi connectivity index (χ3n) is 3.86. The number of aryl methyl sites for hydroxylation is 1. The van der Waals surface area contributed by atoms with E-state index in [0.29, 0.717) is 24.4 Å². The van der Waals surface area contributed by atoms with Gasteiger partial charge < -0.3 is 20.7 Å². The summed E-state index contributed by atoms with van der Waals surface area (Å²) < 4.78 is 5.60. The Morgan fingerprint density at radius 1 is 1.08 bits per heavy atom. The van der Waals surface area contributed by atoms with E-state index in [1.165, 1.54) is 0 Å². The number of carbonyl (C=O) groups excluding carboxylic acids is 2. The number of urea groups is 1. The Kier molecular flexibility index (Phi) is 7.02. The second-order valence-electron chi connectivity index (χ2n) is 5.90. The highest BCUT2D eigenvalue weighted by Gasteiger charge is 2.06. The minimum atomic E-state index is -0.302. The Hall–Kier alpha value is -3.02. The van der Waals surface area contributed by atoms with Crippen molar-refractivity contribution in [3.8, 4) is 5.75 Å². The van der Waals surface area contributed by atoms with E-state index in [9.17, 15) is 9.59 Å². The molecule has 0 bridgehead atoms. The number of anilines is 1. The molecule has 0 aromatic heterocycles. The Labute approximate surface area is 153 Å². The van der Waals surface area contributed by atoms with Gasteiger partial charge in [-0.15, -0.1) is 0 Å². The van der Waals surface area contributed by atoms with Gasteiger partial charge in [0.05, 0.1) is 6.61 Å². The maximum absolute atomic E-state index is 12.1. The summed E-state index contributed by atoms with van der Waals surface area (Å²) in [7, 11) is 1.58. The molecule has 138 valence electrons. The average molecular weight is 355 g/mol. The van der Waals surface area contributed by atoms with Crippen LogP contribution in [0.5, 0.6) is 5.75 Å². The fraction of sp³-hybridized carbons (Fsp3) is 0.300. The van der Waals surface area contributed by atoms with Crippen molar-refractivity contribution in [2.45, 2.75) is 26.8 Å². The molecule has 6 heteroatoms. The number of nitrogens with one attached hydrogen (secondary N) is 3. The monoisotopic (exact) mass is 355 g/mol. The van der Waals surface area contributed by atoms with Crippen molar-refractivity contribution in [1.29, 1.82) is 0 Å². The molecule has 0 saturated carbocycles. The van der Waals surface area contributed by atoms with Gasteiger partial charge in [0.1, 0.15) is 5.75 Å². The Morgan fingerprint density at radius 2 is 1.81 bits per heavy atom. The van der Waals surface area contributed by atoms with Gasteiger partial charge >= 0.3 is 6.03 Å². The normalized spacial score (nSPS) is 10.1. The molecule has 0 aliphatic rings. The second-order valence-corrected chi connectivity index (χ2v) is 5.90. The number of hydrogen-bond donors (Lipinski definition) is 3. The summed E-state index contributed by atoms with van der Waals surface area (Å²) in [5, 5.41) is 8.13. The first-order valence-electron chi connectivity index (χ1n) is 8.62. The molecule has 0 atom stereocenters. The third-order valence-corrected chi connectivity index (χ3v) is 3.86. The molecule has 0 aliphatic heterocycles. The van der Waals surface area contributed by atoms with E-state index >= 15 is 0 Å². The number of hydrogen-bond acceptors (Lipinski definition) is 3. The van der Waals surface area contributed by atoms with E-state index in [-0.39, 0.29) is 11.9 Å². The van der Waals surface area contributed by atoms with E-state index in [4.69, 9.17) is 4.74 Å². The molecule has 0 unspecified atom stereocenters. The van der Waals surface area contributed by atoms with Crippen LogP contribution in [0.2, 0.25) is 0 Å². The molecule has 3 amide bonds. The van der Waals surface area contributed by atoms with Crippen LogP contribution in [0.25, 0.3) is 0 Å². The summed E-state index contributed by atoms with van der Waals surface area (Å²) in [5.74, 6) is 0.677. The van der Waals surface area contributed by atoms with Crippen LogP contribution in [0.15, 0.2) is 42.5 Å². The quantitative estimate of drug-likeness (QED) is 0.711. The topological polar surface area (TPSA) is 79.5 Å². The van der Waals surface area contributed by atoms with Crippen molar-refractivity contribution in [1.82, 2.24) is 10.6 Å². The minimum Gasteiger partial charge on any atom is -0.494 e. The van der Waals surface area contributed by atoms with Crippen LogP contribution >= 0.6 is 0 Å². The molecule has 0 spiro atoms. The molecule has 2 aromatic carbocycles. The van der Waals surface area contributed by atoms with Crippen LogP contribution in [-0.4, -0.2) is 25.6 Å². The van der Waals surface area contributed by atoms with Crippen LogP contribution in [0, 0.1) is 6.92 Å². The Morgan fingerprint density at radius 3 is 2.42 bits per heavy atom. The second kappa shape index (κ2) is 9.46. The lowest BCUT2D eigenvalue weighted by molar-refractivity contribution is 0.0963. The van der Waals surface area contributed by atoms with Gasteiger partial charge in [-0.25, -0.2) is 4.79 Å². The minimum absolute atomic E-state index is 0.164. The lowest BCUT2D eigenvalue weighted by atomic mass is 10.1. The summed E-state index contributed by atoms with van der Waals surface area (Å²) in [5.41, 5.74) is 3.25. The number of carbonyl (C=O) groups is 2. The SMILES string of the molecule is CCCOc1ccc(CNC(=O)Nc2ccc(C(=O)NC)cc2)c(C)c1. The van der Waals surface area contributed by atoms with Gasteiger partial charge in [-0.05, 0) is 60.9 Å². The molecule has 0 aliphatic carbocycles. The zero-order valence-electron chi connectivity index (χ0n) is 15.4. The smallest absolute Gasteiger partial charge is 0.319 e. The van der Waals surface area contributed by atoms with Crippen molar-refractivity contribution >= 4 is 17.6 Å². The lowest BCUT2D eigenvalue weighted by Gasteiger charge is -2.12. The largest absolute Gasteiger partial charge is 0.494 e. The first kappa shape index (κ1) is 19.3. The highest BCUT2D eigenvalue weighted by molar-refractivity contribution is 5.95. The van der Waals surface area contributed by atoms with Gasteiger partial charge in [-0.3, -0.25) is 4.79 Å². The zero-order chi connectivity index (χ0) is 18.9. The summed E-state index contributed by atoms with van der Waals surface area (Å²) in [6, 6.07) is 12.2. The number of amides is 3. The van der Waals surface area contributed by atoms with Crippen molar-refractivity contribution in [2.75, 3.05) is 19.0 Å². The molecule has 6 nitrogen and oxygen atoms in total. The molecule has 26 heavy (non-hydrogen) atoms. The van der Waals surface area contributed by atoms with Gasteiger partial charge in [-0.1, -0.05) is 13.0 Å². The van der Waals surface area contributed by atoms with Crippen LogP contribution in [0.1, 0.15) is 34.8 Å². The van der Waals surface area contributed by atoms with Crippen molar-refractivity contribution < 1.29 is 14.3 Å². The third kappa shape index (κ3) is 5.51. The molecule has 0 radical (unpaired) electrons. The van der Waals surface area contributed by atoms with E-state index in [2.05, 4.69) is 22.9 Å². The molecule has 0 fully saturated rings. The maximum Gasteiger partial charge on any atom is 0.319 e. The van der Waals surface area contributed by atoms with E-state index in [1.54, 1.807) is 31.3 Å². The zero-order valence-corrected chi connectivity index (χ0v) is 15.4. The van der Waals surface area contributed by atoms with E-state index in [0.717, 1.165) is 23.3 Å². The van der Waals surface area contributed by atoms with Gasteiger partial charge in [0.25, 0.3) is 5.91 Å². The van der Waals surface area contributed by atoms with Crippen LogP contribution < -0.4 is 20.7 Å². The average Bonchev–Trinajstić information content (AvgIpc) is 2.65. The van der Waals surface area contributed by atoms with Gasteiger partial charge in [0, 0.05) is 24.8 Å². The molecule has 2 rings (SSSR count). The standard InChI is InChI=1S/C20H25N3O3/c1-4-11-26-18-10-7-16(14(2)12-18)13-22-20(25)23-17-8-5-15(6-9-17)19(24)21-3/h5-10,12H,4,11,13H2,1-3H3,(H,21,24)(H2,22,23,25). The predicted molar refractivity (Wildman–Crippen MR) is 103 cm³/mol. The first-order valence-corrected chi connectivity index (χ1v) is 8.62. The van der Waals surface area contributed by atoms with E-state index in [1.807, 2.05) is 25.1 Å². The van der Waals surface area contributed by atoms with Crippen LogP contribution in [0.3, 0.4) is 0 Å².